The second-order valence-electron chi connectivity index (χ2n) is 5.80. The maximum atomic E-state index is 14.0. The Hall–Kier alpha value is -3.02. The Bertz CT molecular complexity index is 876. The van der Waals surface area contributed by atoms with Crippen LogP contribution in [0.5, 0.6) is 0 Å². The van der Waals surface area contributed by atoms with E-state index in [1.165, 1.54) is 16.9 Å². The predicted molar refractivity (Wildman–Crippen MR) is 93.2 cm³/mol. The minimum Gasteiger partial charge on any atom is -0.341 e. The van der Waals surface area contributed by atoms with Gasteiger partial charge >= 0.3 is 0 Å². The molecule has 0 aliphatic heterocycles. The summed E-state index contributed by atoms with van der Waals surface area (Å²) in [7, 11) is 1.74. The second-order valence-corrected chi connectivity index (χ2v) is 5.80. The number of carbonyl (C=O) groups excluding carboxylic acids is 1. The van der Waals surface area contributed by atoms with Gasteiger partial charge in [0.2, 0.25) is 0 Å². The topological polar surface area (TPSA) is 51.0 Å². The average Bonchev–Trinajstić information content (AvgIpc) is 3.01. The molecule has 6 heteroatoms. The summed E-state index contributed by atoms with van der Waals surface area (Å²) in [4.78, 5) is 18.6. The molecule has 3 rings (SSSR count). The number of halogens is 1. The Balaban J connectivity index is 1.75. The van der Waals surface area contributed by atoms with E-state index in [2.05, 4.69) is 10.1 Å². The van der Waals surface area contributed by atoms with Crippen LogP contribution >= 0.6 is 0 Å². The number of likely N-dealkylation sites (N-methyl/N-ethyl adjacent to an activating group) is 1. The molecule has 0 bridgehead atoms. The van der Waals surface area contributed by atoms with Crippen molar-refractivity contribution in [3.8, 4) is 5.69 Å². The number of pyridine rings is 1. The maximum absolute atomic E-state index is 14.0. The van der Waals surface area contributed by atoms with Crippen LogP contribution in [-0.2, 0) is 6.42 Å². The van der Waals surface area contributed by atoms with Crippen LogP contribution in [0.1, 0.15) is 21.7 Å². The van der Waals surface area contributed by atoms with E-state index in [0.717, 1.165) is 5.69 Å². The van der Waals surface area contributed by atoms with Gasteiger partial charge in [-0.15, -0.1) is 0 Å². The van der Waals surface area contributed by atoms with E-state index < -0.39 is 0 Å². The molecule has 5 nitrogen and oxygen atoms in total. The summed E-state index contributed by atoms with van der Waals surface area (Å²) in [5, 5.41) is 4.19. The largest absolute Gasteiger partial charge is 0.341 e. The lowest BCUT2D eigenvalue weighted by Crippen LogP contribution is -2.29. The third kappa shape index (κ3) is 3.57. The molecule has 1 aromatic carbocycles. The minimum absolute atomic E-state index is 0.143. The van der Waals surface area contributed by atoms with Gasteiger partial charge in [-0.2, -0.15) is 5.10 Å². The first kappa shape index (κ1) is 16.8. The van der Waals surface area contributed by atoms with Crippen LogP contribution in [0.4, 0.5) is 4.39 Å². The van der Waals surface area contributed by atoms with Gasteiger partial charge in [0.25, 0.3) is 5.91 Å². The zero-order valence-electron chi connectivity index (χ0n) is 14.2. The monoisotopic (exact) mass is 338 g/mol. The molecule has 3 aromatic rings. The number of rotatable bonds is 5. The van der Waals surface area contributed by atoms with Crippen LogP contribution in [0.25, 0.3) is 5.69 Å². The molecule has 0 saturated heterocycles. The van der Waals surface area contributed by atoms with Crippen molar-refractivity contribution >= 4 is 5.91 Å². The van der Waals surface area contributed by atoms with Crippen LogP contribution in [0.3, 0.4) is 0 Å². The summed E-state index contributed by atoms with van der Waals surface area (Å²) in [5.41, 5.74) is 2.34. The first-order valence-electron chi connectivity index (χ1n) is 8.03. The average molecular weight is 338 g/mol. The number of amides is 1. The quantitative estimate of drug-likeness (QED) is 0.718. The van der Waals surface area contributed by atoms with Gasteiger partial charge in [0, 0.05) is 31.9 Å². The lowest BCUT2D eigenvalue weighted by Gasteiger charge is -2.16. The van der Waals surface area contributed by atoms with Crippen molar-refractivity contribution < 1.29 is 9.18 Å². The maximum Gasteiger partial charge on any atom is 0.257 e. The molecule has 0 spiro atoms. The van der Waals surface area contributed by atoms with E-state index in [0.29, 0.717) is 29.9 Å². The molecule has 0 saturated carbocycles. The van der Waals surface area contributed by atoms with Crippen LogP contribution < -0.4 is 0 Å². The molecular weight excluding hydrogens is 319 g/mol. The summed E-state index contributed by atoms with van der Waals surface area (Å²) < 4.78 is 15.4. The molecule has 0 aliphatic rings. The fourth-order valence-electron chi connectivity index (χ4n) is 2.62. The number of hydrogen-bond donors (Lipinski definition) is 0. The Morgan fingerprint density at radius 3 is 2.68 bits per heavy atom. The predicted octanol–water partition coefficient (Wildman–Crippen LogP) is 3.03. The summed E-state index contributed by atoms with van der Waals surface area (Å²) in [6.07, 6.45) is 3.89. The highest BCUT2D eigenvalue weighted by atomic mass is 19.1. The second kappa shape index (κ2) is 7.25. The molecule has 2 aromatic heterocycles. The molecule has 0 fully saturated rings. The molecule has 0 unspecified atom stereocenters. The normalized spacial score (nSPS) is 10.7. The highest BCUT2D eigenvalue weighted by Crippen LogP contribution is 2.18. The first-order valence-corrected chi connectivity index (χ1v) is 8.03. The summed E-state index contributed by atoms with van der Waals surface area (Å²) in [6, 6.07) is 12.1. The zero-order valence-corrected chi connectivity index (χ0v) is 14.2. The van der Waals surface area contributed by atoms with E-state index in [1.807, 2.05) is 18.2 Å². The molecule has 0 aliphatic carbocycles. The number of para-hydroxylation sites is 1. The van der Waals surface area contributed by atoms with Crippen LogP contribution in [0, 0.1) is 12.7 Å². The van der Waals surface area contributed by atoms with Gasteiger partial charge in [-0.3, -0.25) is 9.78 Å². The highest BCUT2D eigenvalue weighted by Gasteiger charge is 2.19. The van der Waals surface area contributed by atoms with E-state index in [-0.39, 0.29) is 11.7 Å². The smallest absolute Gasteiger partial charge is 0.257 e. The van der Waals surface area contributed by atoms with Crippen molar-refractivity contribution in [2.75, 3.05) is 13.6 Å². The van der Waals surface area contributed by atoms with E-state index in [1.54, 1.807) is 43.3 Å². The third-order valence-corrected chi connectivity index (χ3v) is 4.10. The van der Waals surface area contributed by atoms with Gasteiger partial charge in [-0.05, 0) is 31.2 Å². The number of hydrogen-bond acceptors (Lipinski definition) is 3. The Labute approximate surface area is 145 Å². The highest BCUT2D eigenvalue weighted by molar-refractivity contribution is 5.95. The Morgan fingerprint density at radius 1 is 1.20 bits per heavy atom. The fourth-order valence-corrected chi connectivity index (χ4v) is 2.62. The van der Waals surface area contributed by atoms with Crippen molar-refractivity contribution in [1.82, 2.24) is 19.7 Å². The number of carbonyl (C=O) groups is 1. The van der Waals surface area contributed by atoms with Crippen LogP contribution in [0.15, 0.2) is 54.9 Å². The number of aromatic nitrogens is 3. The molecule has 0 atom stereocenters. The summed E-state index contributed by atoms with van der Waals surface area (Å²) in [5.74, 6) is -0.521. The van der Waals surface area contributed by atoms with Gasteiger partial charge in [0.15, 0.2) is 0 Å². The van der Waals surface area contributed by atoms with Gasteiger partial charge < -0.3 is 4.90 Å². The van der Waals surface area contributed by atoms with Crippen molar-refractivity contribution in [2.45, 2.75) is 13.3 Å². The van der Waals surface area contributed by atoms with Crippen molar-refractivity contribution in [3.63, 3.8) is 0 Å². The van der Waals surface area contributed by atoms with Crippen molar-refractivity contribution in [1.29, 1.82) is 0 Å². The molecule has 128 valence electrons. The fraction of sp³-hybridized carbons (Fsp3) is 0.211. The number of nitrogens with zero attached hydrogens (tertiary/aromatic N) is 4. The van der Waals surface area contributed by atoms with Crippen LogP contribution in [0.2, 0.25) is 0 Å². The SMILES string of the molecule is Cc1c(C(=O)N(C)CCc2ccccn2)cnn1-c1ccccc1F. The minimum atomic E-state index is -0.379. The van der Waals surface area contributed by atoms with Crippen LogP contribution in [-0.4, -0.2) is 39.2 Å². The Kier molecular flexibility index (Phi) is 4.88. The van der Waals surface area contributed by atoms with Crippen molar-refractivity contribution in [3.05, 3.63) is 77.6 Å². The molecule has 1 amide bonds. The summed E-state index contributed by atoms with van der Waals surface area (Å²) in [6.45, 7) is 2.30. The number of benzene rings is 1. The first-order chi connectivity index (χ1) is 12.1. The van der Waals surface area contributed by atoms with E-state index in [4.69, 9.17) is 0 Å². The van der Waals surface area contributed by atoms with Gasteiger partial charge in [0.05, 0.1) is 17.5 Å². The Morgan fingerprint density at radius 2 is 1.96 bits per heavy atom. The van der Waals surface area contributed by atoms with E-state index in [9.17, 15) is 9.18 Å². The lowest BCUT2D eigenvalue weighted by molar-refractivity contribution is 0.0795. The zero-order chi connectivity index (χ0) is 17.8. The molecule has 2 heterocycles. The van der Waals surface area contributed by atoms with Gasteiger partial charge in [0.1, 0.15) is 11.5 Å². The standard InChI is InChI=1S/C19H19FN4O/c1-14-16(13-22-24(14)18-9-4-3-8-17(18)20)19(25)23(2)12-10-15-7-5-6-11-21-15/h3-9,11,13H,10,12H2,1-2H3. The molecule has 25 heavy (non-hydrogen) atoms. The molecule has 0 radical (unpaired) electrons. The third-order valence-electron chi connectivity index (χ3n) is 4.10. The molecule has 0 N–H and O–H groups in total. The van der Waals surface area contributed by atoms with Crippen molar-refractivity contribution in [2.24, 2.45) is 0 Å². The summed E-state index contributed by atoms with van der Waals surface area (Å²) >= 11 is 0. The lowest BCUT2D eigenvalue weighted by atomic mass is 10.2. The molecular formula is C19H19FN4O. The van der Waals surface area contributed by atoms with E-state index >= 15 is 0 Å². The van der Waals surface area contributed by atoms with Gasteiger partial charge in [-0.1, -0.05) is 18.2 Å². The van der Waals surface area contributed by atoms with Gasteiger partial charge in [-0.25, -0.2) is 9.07 Å².